The van der Waals surface area contributed by atoms with Crippen molar-refractivity contribution in [2.24, 2.45) is 0 Å². The van der Waals surface area contributed by atoms with Gasteiger partial charge in [0.2, 0.25) is 6.41 Å². The normalized spacial score (nSPS) is 12.2. The number of hydrogen-bond donors (Lipinski definition) is 0. The van der Waals surface area contributed by atoms with Gasteiger partial charge < -0.3 is 4.74 Å². The molecule has 0 saturated carbocycles. The van der Waals surface area contributed by atoms with Gasteiger partial charge in [-0.15, -0.1) is 11.3 Å². The van der Waals surface area contributed by atoms with Crippen molar-refractivity contribution in [2.75, 3.05) is 0 Å². The van der Waals surface area contributed by atoms with Crippen LogP contribution in [-0.4, -0.2) is 23.0 Å². The van der Waals surface area contributed by atoms with Crippen LogP contribution in [0.3, 0.4) is 0 Å². The Morgan fingerprint density at radius 3 is 2.25 bits per heavy atom. The predicted octanol–water partition coefficient (Wildman–Crippen LogP) is 4.45. The summed E-state index contributed by atoms with van der Waals surface area (Å²) in [6.07, 6.45) is -0.109. The molecule has 1 aromatic rings. The molecule has 1 aromatic heterocycles. The van der Waals surface area contributed by atoms with Crippen LogP contribution in [0.5, 0.6) is 0 Å². The number of nitrogens with zero attached hydrogens (tertiary/aromatic N) is 1. The first-order chi connectivity index (χ1) is 8.99. The fourth-order valence-electron chi connectivity index (χ4n) is 1.87. The molecule has 0 bridgehead atoms. The third-order valence-electron chi connectivity index (χ3n) is 2.74. The molecule has 4 nitrogen and oxygen atoms in total. The van der Waals surface area contributed by atoms with Crippen LogP contribution in [-0.2, 0) is 15.1 Å². The molecule has 0 atom stereocenters. The molecule has 0 N–H and O–H groups in total. The second kappa shape index (κ2) is 5.85. The number of halogens is 1. The summed E-state index contributed by atoms with van der Waals surface area (Å²) in [5.74, 6) is 0. The van der Waals surface area contributed by atoms with Gasteiger partial charge >= 0.3 is 6.09 Å². The van der Waals surface area contributed by atoms with Gasteiger partial charge in [0.25, 0.3) is 0 Å². The zero-order valence-corrected chi connectivity index (χ0v) is 15.0. The number of amides is 2. The fourth-order valence-corrected chi connectivity index (χ4v) is 3.70. The monoisotopic (exact) mass is 361 g/mol. The maximum absolute atomic E-state index is 12.2. The predicted molar refractivity (Wildman–Crippen MR) is 83.9 cm³/mol. The molecule has 1 rings (SSSR count). The Morgan fingerprint density at radius 1 is 1.35 bits per heavy atom. The standard InChI is InChI=1S/C14H20BrNO3S/c1-9-7-10(15)20-11(9)14(5,6)16(8-17)12(18)19-13(2,3)4/h7-8H,1-6H3. The Kier molecular flexibility index (Phi) is 5.03. The van der Waals surface area contributed by atoms with Crippen LogP contribution in [0.1, 0.15) is 45.1 Å². The van der Waals surface area contributed by atoms with E-state index >= 15 is 0 Å². The summed E-state index contributed by atoms with van der Waals surface area (Å²) in [4.78, 5) is 25.6. The van der Waals surface area contributed by atoms with Crippen LogP contribution in [0.2, 0.25) is 0 Å². The molecule has 0 fully saturated rings. The number of carbonyl (C=O) groups excluding carboxylic acids is 2. The minimum Gasteiger partial charge on any atom is -0.443 e. The van der Waals surface area contributed by atoms with Gasteiger partial charge in [-0.25, -0.2) is 9.69 Å². The average Bonchev–Trinajstić information content (AvgIpc) is 2.56. The van der Waals surface area contributed by atoms with E-state index in [0.717, 1.165) is 19.1 Å². The van der Waals surface area contributed by atoms with Crippen molar-refractivity contribution < 1.29 is 14.3 Å². The van der Waals surface area contributed by atoms with Gasteiger partial charge in [0.1, 0.15) is 5.60 Å². The van der Waals surface area contributed by atoms with Crippen molar-refractivity contribution in [3.8, 4) is 0 Å². The number of ether oxygens (including phenoxy) is 1. The highest BCUT2D eigenvalue weighted by Crippen LogP contribution is 2.38. The zero-order chi connectivity index (χ0) is 15.7. The lowest BCUT2D eigenvalue weighted by Crippen LogP contribution is -2.46. The summed E-state index contributed by atoms with van der Waals surface area (Å²) in [5.41, 5.74) is -0.369. The maximum Gasteiger partial charge on any atom is 0.417 e. The van der Waals surface area contributed by atoms with E-state index in [2.05, 4.69) is 15.9 Å². The molecule has 0 aromatic carbocycles. The van der Waals surface area contributed by atoms with Crippen molar-refractivity contribution in [3.05, 3.63) is 20.3 Å². The number of hydrogen-bond acceptors (Lipinski definition) is 4. The molecule has 2 amide bonds. The number of thiophene rings is 1. The molecule has 0 unspecified atom stereocenters. The lowest BCUT2D eigenvalue weighted by molar-refractivity contribution is -0.122. The van der Waals surface area contributed by atoms with Gasteiger partial charge in [-0.1, -0.05) is 0 Å². The SMILES string of the molecule is Cc1cc(Br)sc1C(C)(C)N(C=O)C(=O)OC(C)(C)C. The fraction of sp³-hybridized carbons (Fsp3) is 0.571. The molecule has 0 aliphatic rings. The van der Waals surface area contributed by atoms with Gasteiger partial charge in [0.15, 0.2) is 0 Å². The maximum atomic E-state index is 12.2. The van der Waals surface area contributed by atoms with E-state index in [0.29, 0.717) is 6.41 Å². The molecule has 0 aliphatic heterocycles. The lowest BCUT2D eigenvalue weighted by atomic mass is 9.98. The largest absolute Gasteiger partial charge is 0.443 e. The van der Waals surface area contributed by atoms with E-state index in [1.807, 2.05) is 26.8 Å². The second-order valence-corrected chi connectivity index (χ2v) is 8.51. The molecular weight excluding hydrogens is 342 g/mol. The van der Waals surface area contributed by atoms with Gasteiger partial charge in [-0.3, -0.25) is 4.79 Å². The van der Waals surface area contributed by atoms with Crippen molar-refractivity contribution in [2.45, 2.75) is 52.7 Å². The van der Waals surface area contributed by atoms with E-state index in [1.54, 1.807) is 20.8 Å². The molecule has 6 heteroatoms. The van der Waals surface area contributed by atoms with Crippen molar-refractivity contribution in [1.29, 1.82) is 0 Å². The summed E-state index contributed by atoms with van der Waals surface area (Å²) < 4.78 is 6.26. The minimum absolute atomic E-state index is 0.529. The van der Waals surface area contributed by atoms with Crippen molar-refractivity contribution >= 4 is 39.8 Å². The molecule has 0 aliphatic carbocycles. The van der Waals surface area contributed by atoms with Crippen LogP contribution >= 0.6 is 27.3 Å². The van der Waals surface area contributed by atoms with E-state index in [4.69, 9.17) is 4.74 Å². The van der Waals surface area contributed by atoms with Gasteiger partial charge in [0.05, 0.1) is 9.33 Å². The number of imide groups is 1. The van der Waals surface area contributed by atoms with Gasteiger partial charge in [0, 0.05) is 4.88 Å². The minimum atomic E-state index is -0.759. The Hall–Kier alpha value is -0.880. The number of aryl methyl sites for hydroxylation is 1. The Balaban J connectivity index is 3.13. The highest BCUT2D eigenvalue weighted by Gasteiger charge is 2.37. The van der Waals surface area contributed by atoms with Crippen LogP contribution in [0.4, 0.5) is 4.79 Å². The smallest absolute Gasteiger partial charge is 0.417 e. The highest BCUT2D eigenvalue weighted by molar-refractivity contribution is 9.11. The quantitative estimate of drug-likeness (QED) is 0.747. The first-order valence-electron chi connectivity index (χ1n) is 6.23. The molecule has 0 radical (unpaired) electrons. The first kappa shape index (κ1) is 17.2. The Labute approximate surface area is 132 Å². The summed E-state index contributed by atoms with van der Waals surface area (Å²) in [6.45, 7) is 10.9. The average molecular weight is 362 g/mol. The van der Waals surface area contributed by atoms with Gasteiger partial charge in [-0.2, -0.15) is 0 Å². The molecule has 20 heavy (non-hydrogen) atoms. The van der Waals surface area contributed by atoms with Crippen molar-refractivity contribution in [1.82, 2.24) is 4.90 Å². The van der Waals surface area contributed by atoms with Crippen LogP contribution in [0, 0.1) is 6.92 Å². The summed E-state index contributed by atoms with van der Waals surface area (Å²) in [7, 11) is 0. The molecule has 0 saturated heterocycles. The van der Waals surface area contributed by atoms with E-state index in [9.17, 15) is 9.59 Å². The molecular formula is C14H20BrNO3S. The molecule has 1 heterocycles. The van der Waals surface area contributed by atoms with Crippen LogP contribution in [0.25, 0.3) is 0 Å². The van der Waals surface area contributed by atoms with Crippen LogP contribution < -0.4 is 0 Å². The van der Waals surface area contributed by atoms with Gasteiger partial charge in [-0.05, 0) is 69.1 Å². The van der Waals surface area contributed by atoms with Crippen molar-refractivity contribution in [3.63, 3.8) is 0 Å². The number of rotatable bonds is 3. The third-order valence-corrected chi connectivity index (χ3v) is 4.79. The highest BCUT2D eigenvalue weighted by atomic mass is 79.9. The molecule has 0 spiro atoms. The zero-order valence-electron chi connectivity index (χ0n) is 12.6. The summed E-state index contributed by atoms with van der Waals surface area (Å²) in [6, 6.07) is 1.97. The molecule has 112 valence electrons. The second-order valence-electron chi connectivity index (χ2n) is 6.08. The lowest BCUT2D eigenvalue weighted by Gasteiger charge is -2.35. The number of carbonyl (C=O) groups is 2. The third kappa shape index (κ3) is 3.82. The first-order valence-corrected chi connectivity index (χ1v) is 7.84. The summed E-state index contributed by atoms with van der Waals surface area (Å²) in [5, 5.41) is 0. The summed E-state index contributed by atoms with van der Waals surface area (Å²) >= 11 is 4.94. The van der Waals surface area contributed by atoms with E-state index in [-0.39, 0.29) is 0 Å². The topological polar surface area (TPSA) is 46.6 Å². The van der Waals surface area contributed by atoms with E-state index in [1.165, 1.54) is 11.3 Å². The van der Waals surface area contributed by atoms with Crippen LogP contribution in [0.15, 0.2) is 9.85 Å². The van der Waals surface area contributed by atoms with E-state index < -0.39 is 17.2 Å². The Bertz CT molecular complexity index is 517. The Morgan fingerprint density at radius 2 is 1.90 bits per heavy atom.